The van der Waals surface area contributed by atoms with Crippen molar-refractivity contribution in [2.45, 2.75) is 39.0 Å². The number of nitrogens with one attached hydrogen (secondary N) is 2. The first-order chi connectivity index (χ1) is 20.4. The fourth-order valence-corrected chi connectivity index (χ4v) is 6.18. The molecule has 0 unspecified atom stereocenters. The number of aliphatic carboxylic acids is 1. The molecule has 0 heterocycles. The van der Waals surface area contributed by atoms with E-state index in [0.717, 1.165) is 5.56 Å². The molecule has 0 fully saturated rings. The minimum Gasteiger partial charge on any atom is -0.481 e. The zero-order valence-corrected chi connectivity index (χ0v) is 25.8. The molecule has 0 aliphatic carbocycles. The van der Waals surface area contributed by atoms with E-state index in [2.05, 4.69) is 10.6 Å². The van der Waals surface area contributed by atoms with Gasteiger partial charge < -0.3 is 25.0 Å². The molecule has 228 valence electrons. The van der Waals surface area contributed by atoms with Crippen molar-refractivity contribution in [3.8, 4) is 0 Å². The number of halogens is 2. The van der Waals surface area contributed by atoms with Gasteiger partial charge in [0.1, 0.15) is 25.3 Å². The first-order valence-electron chi connectivity index (χ1n) is 13.2. The first kappa shape index (κ1) is 33.8. The van der Waals surface area contributed by atoms with E-state index < -0.39 is 62.2 Å². The molecule has 0 aliphatic rings. The third-order valence-corrected chi connectivity index (χ3v) is 9.19. The number of rotatable bonds is 14. The molecule has 3 aromatic rings. The van der Waals surface area contributed by atoms with E-state index in [9.17, 15) is 28.8 Å². The van der Waals surface area contributed by atoms with Crippen molar-refractivity contribution >= 4 is 64.9 Å². The summed E-state index contributed by atoms with van der Waals surface area (Å²) in [6, 6.07) is 18.3. The van der Waals surface area contributed by atoms with Crippen LogP contribution >= 0.6 is 30.6 Å². The Bertz CT molecular complexity index is 1420. The number of alkyl carbamates (subject to hydrolysis) is 1. The highest BCUT2D eigenvalue weighted by Gasteiger charge is 2.34. The van der Waals surface area contributed by atoms with Crippen LogP contribution < -0.4 is 21.2 Å². The molecule has 0 spiro atoms. The zero-order valence-electron chi connectivity index (χ0n) is 23.4. The van der Waals surface area contributed by atoms with E-state index >= 15 is 0 Å². The third-order valence-electron chi connectivity index (χ3n) is 6.24. The largest absolute Gasteiger partial charge is 0.481 e. The lowest BCUT2D eigenvalue weighted by Gasteiger charge is -2.25. The van der Waals surface area contributed by atoms with Crippen LogP contribution in [0.1, 0.15) is 25.8 Å². The number of carboxylic acid groups (broad SMARTS) is 1. The van der Waals surface area contributed by atoms with E-state index in [1.807, 2.05) is 6.07 Å². The van der Waals surface area contributed by atoms with Crippen LogP contribution in [0.15, 0.2) is 78.9 Å². The fourth-order valence-electron chi connectivity index (χ4n) is 3.94. The molecular formula is C30H31Cl2N2O8P. The standard InChI is InChI=1S/C30H31Cl2N2O8P/c1-19(2)28(34-30(39)41-17-20-6-4-3-5-7-20)29(38)33-25(16-27(36)37)26(35)18-42-43(40,23-12-8-21(31)9-13-23)24-14-10-22(32)11-15-24/h3-15,19,25,28H,16-18H2,1-2H3,(H,33,38)(H,34,39)(H,36,37)/t25-,28-/m0/s1. The average molecular weight is 649 g/mol. The normalized spacial score (nSPS) is 12.7. The molecule has 43 heavy (non-hydrogen) atoms. The molecule has 10 nitrogen and oxygen atoms in total. The highest BCUT2D eigenvalue weighted by molar-refractivity contribution is 7.74. The Balaban J connectivity index is 1.74. The fraction of sp³-hybridized carbons (Fsp3) is 0.267. The van der Waals surface area contributed by atoms with E-state index in [0.29, 0.717) is 10.0 Å². The molecule has 0 saturated carbocycles. The van der Waals surface area contributed by atoms with Crippen LogP contribution in [0, 0.1) is 5.92 Å². The van der Waals surface area contributed by atoms with Crippen molar-refractivity contribution in [3.63, 3.8) is 0 Å². The molecule has 3 rings (SSSR count). The van der Waals surface area contributed by atoms with Crippen molar-refractivity contribution < 1.29 is 38.1 Å². The van der Waals surface area contributed by atoms with E-state index in [-0.39, 0.29) is 17.2 Å². The Labute approximate surface area is 259 Å². The highest BCUT2D eigenvalue weighted by atomic mass is 35.5. The maximum absolute atomic E-state index is 14.2. The Morgan fingerprint density at radius 3 is 1.86 bits per heavy atom. The molecule has 3 aromatic carbocycles. The van der Waals surface area contributed by atoms with Crippen molar-refractivity contribution in [2.75, 3.05) is 6.61 Å². The van der Waals surface area contributed by atoms with Gasteiger partial charge in [0.25, 0.3) is 7.37 Å². The summed E-state index contributed by atoms with van der Waals surface area (Å²) in [6.07, 6.45) is -1.64. The van der Waals surface area contributed by atoms with Gasteiger partial charge in [-0.25, -0.2) is 4.79 Å². The predicted octanol–water partition coefficient (Wildman–Crippen LogP) is 4.72. The van der Waals surface area contributed by atoms with Crippen molar-refractivity contribution in [1.82, 2.24) is 10.6 Å². The number of hydrogen-bond acceptors (Lipinski definition) is 7. The second-order valence-corrected chi connectivity index (χ2v) is 13.1. The molecule has 3 N–H and O–H groups in total. The maximum Gasteiger partial charge on any atom is 0.408 e. The van der Waals surface area contributed by atoms with Crippen LogP contribution in [0.25, 0.3) is 0 Å². The van der Waals surface area contributed by atoms with E-state index in [1.165, 1.54) is 48.5 Å². The predicted molar refractivity (Wildman–Crippen MR) is 163 cm³/mol. The molecular weight excluding hydrogens is 618 g/mol. The Hall–Kier alpha value is -3.69. The number of carboxylic acids is 1. The van der Waals surface area contributed by atoms with Crippen LogP contribution in [-0.4, -0.2) is 47.6 Å². The molecule has 13 heteroatoms. The van der Waals surface area contributed by atoms with Crippen LogP contribution in [-0.2, 0) is 34.8 Å². The second kappa shape index (κ2) is 15.7. The van der Waals surface area contributed by atoms with Crippen LogP contribution in [0.3, 0.4) is 0 Å². The minimum atomic E-state index is -3.88. The van der Waals surface area contributed by atoms with Crippen molar-refractivity contribution in [1.29, 1.82) is 0 Å². The van der Waals surface area contributed by atoms with Gasteiger partial charge in [-0.15, -0.1) is 0 Å². The summed E-state index contributed by atoms with van der Waals surface area (Å²) >= 11 is 12.0. The lowest BCUT2D eigenvalue weighted by atomic mass is 10.0. The molecule has 2 atom stereocenters. The van der Waals surface area contributed by atoms with Gasteiger partial charge in [-0.3, -0.25) is 18.9 Å². The number of carbonyl (C=O) groups excluding carboxylic acids is 3. The topological polar surface area (TPSA) is 148 Å². The molecule has 0 radical (unpaired) electrons. The number of ketones is 1. The van der Waals surface area contributed by atoms with Crippen LogP contribution in [0.5, 0.6) is 0 Å². The van der Waals surface area contributed by atoms with Gasteiger partial charge in [0.2, 0.25) is 5.91 Å². The Kier molecular flexibility index (Phi) is 12.3. The summed E-state index contributed by atoms with van der Waals surface area (Å²) in [5.41, 5.74) is 0.741. The zero-order chi connectivity index (χ0) is 31.6. The summed E-state index contributed by atoms with van der Waals surface area (Å²) in [5.74, 6) is -3.46. The minimum absolute atomic E-state index is 0.0299. The number of amides is 2. The number of hydrogen-bond donors (Lipinski definition) is 3. The summed E-state index contributed by atoms with van der Waals surface area (Å²) in [5, 5.41) is 15.6. The summed E-state index contributed by atoms with van der Waals surface area (Å²) in [6.45, 7) is 2.50. The lowest BCUT2D eigenvalue weighted by molar-refractivity contribution is -0.140. The summed E-state index contributed by atoms with van der Waals surface area (Å²) in [4.78, 5) is 50.4. The van der Waals surface area contributed by atoms with Gasteiger partial charge in [-0.2, -0.15) is 0 Å². The average Bonchev–Trinajstić information content (AvgIpc) is 2.97. The Morgan fingerprint density at radius 2 is 1.37 bits per heavy atom. The number of carbonyl (C=O) groups is 4. The molecule has 2 amide bonds. The third kappa shape index (κ3) is 9.93. The number of Topliss-reactive ketones (excluding diaryl/α,β-unsaturated/α-hetero) is 1. The SMILES string of the molecule is CC(C)[C@H](NC(=O)OCc1ccccc1)C(=O)N[C@@H](CC(=O)O)C(=O)COP(=O)(c1ccc(Cl)cc1)c1ccc(Cl)cc1. The van der Waals surface area contributed by atoms with E-state index in [4.69, 9.17) is 32.5 Å². The highest BCUT2D eigenvalue weighted by Crippen LogP contribution is 2.45. The monoisotopic (exact) mass is 648 g/mol. The van der Waals surface area contributed by atoms with Gasteiger partial charge in [-0.1, -0.05) is 67.4 Å². The molecule has 0 saturated heterocycles. The quantitative estimate of drug-likeness (QED) is 0.213. The summed E-state index contributed by atoms with van der Waals surface area (Å²) < 4.78 is 25.1. The van der Waals surface area contributed by atoms with Crippen molar-refractivity contribution in [2.24, 2.45) is 5.92 Å². The number of ether oxygens (including phenoxy) is 1. The van der Waals surface area contributed by atoms with Crippen LogP contribution in [0.2, 0.25) is 10.0 Å². The Morgan fingerprint density at radius 1 is 0.837 bits per heavy atom. The van der Waals surface area contributed by atoms with Crippen LogP contribution in [0.4, 0.5) is 4.79 Å². The van der Waals surface area contributed by atoms with Gasteiger partial charge >= 0.3 is 12.1 Å². The molecule has 0 aromatic heterocycles. The molecule has 0 bridgehead atoms. The maximum atomic E-state index is 14.2. The number of benzene rings is 3. The summed E-state index contributed by atoms with van der Waals surface area (Å²) in [7, 11) is -3.88. The van der Waals surface area contributed by atoms with Gasteiger partial charge in [-0.05, 0) is 60.0 Å². The lowest BCUT2D eigenvalue weighted by Crippen LogP contribution is -2.54. The smallest absolute Gasteiger partial charge is 0.408 e. The van der Waals surface area contributed by atoms with Gasteiger partial charge in [0.05, 0.1) is 6.42 Å². The first-order valence-corrected chi connectivity index (χ1v) is 15.6. The molecule has 0 aliphatic heterocycles. The van der Waals surface area contributed by atoms with Crippen molar-refractivity contribution in [3.05, 3.63) is 94.5 Å². The van der Waals surface area contributed by atoms with Gasteiger partial charge in [0.15, 0.2) is 5.78 Å². The second-order valence-electron chi connectivity index (χ2n) is 9.83. The van der Waals surface area contributed by atoms with Gasteiger partial charge in [0, 0.05) is 20.7 Å². The van der Waals surface area contributed by atoms with E-state index in [1.54, 1.807) is 38.1 Å².